The number of hydrogen-bond acceptors (Lipinski definition) is 3. The van der Waals surface area contributed by atoms with Crippen LogP contribution in [-0.2, 0) is 4.74 Å². The van der Waals surface area contributed by atoms with E-state index in [-0.39, 0.29) is 0 Å². The van der Waals surface area contributed by atoms with Gasteiger partial charge in [0.05, 0.1) is 12.7 Å². The van der Waals surface area contributed by atoms with Crippen molar-refractivity contribution in [3.8, 4) is 0 Å². The molecule has 3 nitrogen and oxygen atoms in total. The second kappa shape index (κ2) is 6.46. The SMILES string of the molecule is CC1CN(CCOC(C)C)C(C)CCN1. The Kier molecular flexibility index (Phi) is 5.58. The lowest BCUT2D eigenvalue weighted by Crippen LogP contribution is -2.40. The van der Waals surface area contributed by atoms with Crippen LogP contribution in [0.15, 0.2) is 0 Å². The van der Waals surface area contributed by atoms with Crippen LogP contribution < -0.4 is 5.32 Å². The molecule has 90 valence electrons. The number of hydrogen-bond donors (Lipinski definition) is 1. The Bertz CT molecular complexity index is 173. The minimum Gasteiger partial charge on any atom is -0.377 e. The molecular weight excluding hydrogens is 188 g/mol. The third-order valence-electron chi connectivity index (χ3n) is 3.02. The highest BCUT2D eigenvalue weighted by Gasteiger charge is 2.19. The van der Waals surface area contributed by atoms with E-state index in [0.29, 0.717) is 18.2 Å². The van der Waals surface area contributed by atoms with Crippen LogP contribution in [0.2, 0.25) is 0 Å². The first kappa shape index (κ1) is 12.9. The van der Waals surface area contributed by atoms with Crippen molar-refractivity contribution in [1.29, 1.82) is 0 Å². The summed E-state index contributed by atoms with van der Waals surface area (Å²) in [6, 6.07) is 1.28. The standard InChI is InChI=1S/C12H26N2O/c1-10(2)15-8-7-14-9-11(3)13-6-5-12(14)4/h10-13H,5-9H2,1-4H3. The molecule has 1 N–H and O–H groups in total. The summed E-state index contributed by atoms with van der Waals surface area (Å²) in [7, 11) is 0. The van der Waals surface area contributed by atoms with Crippen molar-refractivity contribution in [3.05, 3.63) is 0 Å². The maximum atomic E-state index is 5.61. The minimum absolute atomic E-state index is 0.350. The Morgan fingerprint density at radius 3 is 2.80 bits per heavy atom. The first-order chi connectivity index (χ1) is 7.09. The van der Waals surface area contributed by atoms with Crippen molar-refractivity contribution in [1.82, 2.24) is 10.2 Å². The molecule has 1 aliphatic heterocycles. The molecule has 3 heteroatoms. The summed E-state index contributed by atoms with van der Waals surface area (Å²) < 4.78 is 5.61. The van der Waals surface area contributed by atoms with Gasteiger partial charge in [-0.25, -0.2) is 0 Å². The molecule has 15 heavy (non-hydrogen) atoms. The molecule has 0 bridgehead atoms. The van der Waals surface area contributed by atoms with Gasteiger partial charge in [0, 0.05) is 25.2 Å². The first-order valence-electron chi connectivity index (χ1n) is 6.18. The largest absolute Gasteiger partial charge is 0.377 e. The molecule has 0 saturated carbocycles. The van der Waals surface area contributed by atoms with E-state index in [9.17, 15) is 0 Å². The minimum atomic E-state index is 0.350. The lowest BCUT2D eigenvalue weighted by Gasteiger charge is -2.28. The quantitative estimate of drug-likeness (QED) is 0.767. The fourth-order valence-corrected chi connectivity index (χ4v) is 2.03. The first-order valence-corrected chi connectivity index (χ1v) is 6.18. The lowest BCUT2D eigenvalue weighted by molar-refractivity contribution is 0.0505. The summed E-state index contributed by atoms with van der Waals surface area (Å²) in [5, 5.41) is 3.52. The second-order valence-corrected chi connectivity index (χ2v) is 4.91. The van der Waals surface area contributed by atoms with Gasteiger partial charge in [0.2, 0.25) is 0 Å². The zero-order valence-corrected chi connectivity index (χ0v) is 10.6. The summed E-state index contributed by atoms with van der Waals surface area (Å²) >= 11 is 0. The number of rotatable bonds is 4. The van der Waals surface area contributed by atoms with Gasteiger partial charge in [0.15, 0.2) is 0 Å². The van der Waals surface area contributed by atoms with Crippen LogP contribution >= 0.6 is 0 Å². The third-order valence-corrected chi connectivity index (χ3v) is 3.02. The second-order valence-electron chi connectivity index (χ2n) is 4.91. The van der Waals surface area contributed by atoms with Crippen molar-refractivity contribution in [2.45, 2.75) is 52.3 Å². The van der Waals surface area contributed by atoms with Crippen molar-refractivity contribution < 1.29 is 4.74 Å². The van der Waals surface area contributed by atoms with Gasteiger partial charge in [0.1, 0.15) is 0 Å². The lowest BCUT2D eigenvalue weighted by atomic mass is 10.2. The molecule has 0 amide bonds. The van der Waals surface area contributed by atoms with E-state index in [2.05, 4.69) is 37.9 Å². The van der Waals surface area contributed by atoms with Gasteiger partial charge in [-0.15, -0.1) is 0 Å². The number of nitrogens with zero attached hydrogens (tertiary/aromatic N) is 1. The Balaban J connectivity index is 2.29. The fourth-order valence-electron chi connectivity index (χ4n) is 2.03. The Morgan fingerprint density at radius 1 is 1.40 bits per heavy atom. The predicted octanol–water partition coefficient (Wildman–Crippen LogP) is 1.48. The Labute approximate surface area is 94.2 Å². The van der Waals surface area contributed by atoms with Crippen molar-refractivity contribution >= 4 is 0 Å². The van der Waals surface area contributed by atoms with E-state index in [0.717, 1.165) is 26.2 Å². The van der Waals surface area contributed by atoms with E-state index in [1.807, 2.05) is 0 Å². The van der Waals surface area contributed by atoms with E-state index in [1.165, 1.54) is 6.42 Å². The smallest absolute Gasteiger partial charge is 0.0597 e. The molecule has 2 unspecified atom stereocenters. The normalized spacial score (nSPS) is 29.4. The van der Waals surface area contributed by atoms with Crippen molar-refractivity contribution in [2.75, 3.05) is 26.2 Å². The summed E-state index contributed by atoms with van der Waals surface area (Å²) in [4.78, 5) is 2.53. The maximum absolute atomic E-state index is 5.61. The van der Waals surface area contributed by atoms with Gasteiger partial charge in [-0.05, 0) is 40.7 Å². The molecule has 2 atom stereocenters. The average Bonchev–Trinajstić information content (AvgIpc) is 2.29. The number of nitrogens with one attached hydrogen (secondary N) is 1. The van der Waals surface area contributed by atoms with E-state index >= 15 is 0 Å². The van der Waals surface area contributed by atoms with Crippen LogP contribution in [0.3, 0.4) is 0 Å². The zero-order chi connectivity index (χ0) is 11.3. The molecular formula is C12H26N2O. The molecule has 0 aromatic heterocycles. The van der Waals surface area contributed by atoms with Gasteiger partial charge in [0.25, 0.3) is 0 Å². The monoisotopic (exact) mass is 214 g/mol. The van der Waals surface area contributed by atoms with Crippen LogP contribution in [-0.4, -0.2) is 49.3 Å². The Hall–Kier alpha value is -0.120. The summed E-state index contributed by atoms with van der Waals surface area (Å²) in [6.07, 6.45) is 1.59. The van der Waals surface area contributed by atoms with E-state index < -0.39 is 0 Å². The zero-order valence-electron chi connectivity index (χ0n) is 10.6. The molecule has 1 aliphatic rings. The summed E-state index contributed by atoms with van der Waals surface area (Å²) in [5.41, 5.74) is 0. The molecule has 1 heterocycles. The van der Waals surface area contributed by atoms with Gasteiger partial charge in [-0.2, -0.15) is 0 Å². The molecule has 0 aromatic rings. The van der Waals surface area contributed by atoms with E-state index in [4.69, 9.17) is 4.74 Å². The Morgan fingerprint density at radius 2 is 2.13 bits per heavy atom. The highest BCUT2D eigenvalue weighted by Crippen LogP contribution is 2.08. The third kappa shape index (κ3) is 4.96. The molecule has 0 radical (unpaired) electrons. The topological polar surface area (TPSA) is 24.5 Å². The van der Waals surface area contributed by atoms with Gasteiger partial charge in [-0.1, -0.05) is 0 Å². The number of ether oxygens (including phenoxy) is 1. The molecule has 1 fully saturated rings. The molecule has 0 aliphatic carbocycles. The molecule has 0 spiro atoms. The van der Waals surface area contributed by atoms with Gasteiger partial charge >= 0.3 is 0 Å². The van der Waals surface area contributed by atoms with Crippen LogP contribution in [0.4, 0.5) is 0 Å². The average molecular weight is 214 g/mol. The highest BCUT2D eigenvalue weighted by molar-refractivity contribution is 4.78. The van der Waals surface area contributed by atoms with Gasteiger partial charge in [-0.3, -0.25) is 4.90 Å². The summed E-state index contributed by atoms with van der Waals surface area (Å²) in [6.45, 7) is 13.0. The van der Waals surface area contributed by atoms with Gasteiger partial charge < -0.3 is 10.1 Å². The van der Waals surface area contributed by atoms with E-state index in [1.54, 1.807) is 0 Å². The van der Waals surface area contributed by atoms with Crippen LogP contribution in [0.5, 0.6) is 0 Å². The fraction of sp³-hybridized carbons (Fsp3) is 1.00. The molecule has 1 rings (SSSR count). The molecule has 1 saturated heterocycles. The van der Waals surface area contributed by atoms with Crippen LogP contribution in [0.25, 0.3) is 0 Å². The van der Waals surface area contributed by atoms with Crippen LogP contribution in [0.1, 0.15) is 34.1 Å². The highest BCUT2D eigenvalue weighted by atomic mass is 16.5. The van der Waals surface area contributed by atoms with Crippen molar-refractivity contribution in [2.24, 2.45) is 0 Å². The predicted molar refractivity (Wildman–Crippen MR) is 64.2 cm³/mol. The maximum Gasteiger partial charge on any atom is 0.0597 e. The molecule has 0 aromatic carbocycles. The van der Waals surface area contributed by atoms with Crippen LogP contribution in [0, 0.1) is 0 Å². The van der Waals surface area contributed by atoms with Crippen molar-refractivity contribution in [3.63, 3.8) is 0 Å². The summed E-state index contributed by atoms with van der Waals surface area (Å²) in [5.74, 6) is 0.